The molecule has 0 radical (unpaired) electrons. The summed E-state index contributed by atoms with van der Waals surface area (Å²) >= 11 is 6.00. The van der Waals surface area contributed by atoms with Gasteiger partial charge >= 0.3 is 0 Å². The van der Waals surface area contributed by atoms with Crippen LogP contribution < -0.4 is 11.3 Å². The Labute approximate surface area is 113 Å². The van der Waals surface area contributed by atoms with Gasteiger partial charge < -0.3 is 14.9 Å². The molecule has 0 bridgehead atoms. The van der Waals surface area contributed by atoms with Gasteiger partial charge in [-0.3, -0.25) is 0 Å². The third-order valence-corrected chi connectivity index (χ3v) is 2.41. The molecule has 3 N–H and O–H groups in total. The van der Waals surface area contributed by atoms with Crippen molar-refractivity contribution in [3.8, 4) is 0 Å². The molecule has 1 rings (SSSR count). The molecule has 0 atom stereocenters. The fourth-order valence-corrected chi connectivity index (χ4v) is 1.40. The molecule has 0 aliphatic carbocycles. The summed E-state index contributed by atoms with van der Waals surface area (Å²) in [7, 11) is 0. The van der Waals surface area contributed by atoms with Crippen LogP contribution in [0, 0.1) is 0 Å². The fraction of sp³-hybridized carbons (Fsp3) is 0.583. The zero-order valence-corrected chi connectivity index (χ0v) is 11.8. The van der Waals surface area contributed by atoms with Crippen LogP contribution in [0.4, 0.5) is 5.82 Å². The van der Waals surface area contributed by atoms with E-state index in [2.05, 4.69) is 10.4 Å². The largest absolute Gasteiger partial charge is 0.373 e. The third kappa shape index (κ3) is 5.64. The van der Waals surface area contributed by atoms with Gasteiger partial charge in [-0.1, -0.05) is 11.6 Å². The summed E-state index contributed by atoms with van der Waals surface area (Å²) in [5.41, 5.74) is 2.97. The molecular weight excluding hydrogens is 254 g/mol. The summed E-state index contributed by atoms with van der Waals surface area (Å²) < 4.78 is 11.0. The molecule has 6 heteroatoms. The second kappa shape index (κ2) is 6.89. The van der Waals surface area contributed by atoms with Crippen LogP contribution >= 0.6 is 11.6 Å². The van der Waals surface area contributed by atoms with Crippen molar-refractivity contribution in [1.82, 2.24) is 4.98 Å². The molecule has 18 heavy (non-hydrogen) atoms. The maximum Gasteiger partial charge on any atom is 0.140 e. The number of hydrogen-bond donors (Lipinski definition) is 2. The number of pyridine rings is 1. The van der Waals surface area contributed by atoms with Gasteiger partial charge in [-0.05, 0) is 32.9 Å². The van der Waals surface area contributed by atoms with Gasteiger partial charge in [0.15, 0.2) is 0 Å². The molecule has 0 amide bonds. The Morgan fingerprint density at radius 1 is 1.33 bits per heavy atom. The highest BCUT2D eigenvalue weighted by atomic mass is 35.5. The Hall–Kier alpha value is -0.880. The molecule has 102 valence electrons. The Balaban J connectivity index is 2.35. The Kier molecular flexibility index (Phi) is 5.81. The number of anilines is 1. The summed E-state index contributed by atoms with van der Waals surface area (Å²) in [6.45, 7) is 7.37. The first kappa shape index (κ1) is 15.2. The molecule has 0 unspecified atom stereocenters. The smallest absolute Gasteiger partial charge is 0.140 e. The van der Waals surface area contributed by atoms with Crippen molar-refractivity contribution in [2.45, 2.75) is 33.0 Å². The standard InChI is InChI=1S/C12H20ClN3O2/c1-12(2,3)18-7-6-17-8-10-9(13)4-5-11(15-10)16-14/h4-5H,6-8,14H2,1-3H3,(H,15,16). The molecule has 0 aromatic carbocycles. The Bertz CT molecular complexity index is 380. The zero-order chi connectivity index (χ0) is 13.6. The number of nitrogens with one attached hydrogen (secondary N) is 1. The summed E-state index contributed by atoms with van der Waals surface area (Å²) in [5, 5.41) is 0.561. The summed E-state index contributed by atoms with van der Waals surface area (Å²) in [5.74, 6) is 5.84. The molecule has 0 fully saturated rings. The van der Waals surface area contributed by atoms with E-state index in [9.17, 15) is 0 Å². The summed E-state index contributed by atoms with van der Waals surface area (Å²) in [4.78, 5) is 4.20. The predicted molar refractivity (Wildman–Crippen MR) is 72.4 cm³/mol. The molecule has 0 aliphatic rings. The highest BCUT2D eigenvalue weighted by Gasteiger charge is 2.09. The molecule has 0 aliphatic heterocycles. The summed E-state index contributed by atoms with van der Waals surface area (Å²) in [6.07, 6.45) is 0. The number of aromatic nitrogens is 1. The van der Waals surface area contributed by atoms with Crippen LogP contribution in [0.15, 0.2) is 12.1 Å². The maximum atomic E-state index is 6.00. The van der Waals surface area contributed by atoms with Crippen molar-refractivity contribution in [2.24, 2.45) is 5.84 Å². The molecule has 1 heterocycles. The van der Waals surface area contributed by atoms with Crippen LogP contribution in [0.2, 0.25) is 5.02 Å². The van der Waals surface area contributed by atoms with E-state index in [0.29, 0.717) is 36.4 Å². The van der Waals surface area contributed by atoms with Crippen LogP contribution in [0.1, 0.15) is 26.5 Å². The number of hydrogen-bond acceptors (Lipinski definition) is 5. The number of halogens is 1. The normalized spacial score (nSPS) is 11.6. The van der Waals surface area contributed by atoms with Gasteiger partial charge in [-0.25, -0.2) is 10.8 Å². The van der Waals surface area contributed by atoms with Crippen molar-refractivity contribution in [1.29, 1.82) is 0 Å². The molecule has 1 aromatic rings. The highest BCUT2D eigenvalue weighted by molar-refractivity contribution is 6.31. The maximum absolute atomic E-state index is 6.00. The minimum atomic E-state index is -0.150. The fourth-order valence-electron chi connectivity index (χ4n) is 1.24. The van der Waals surface area contributed by atoms with E-state index in [4.69, 9.17) is 26.9 Å². The van der Waals surface area contributed by atoms with Crippen molar-refractivity contribution in [2.75, 3.05) is 18.6 Å². The van der Waals surface area contributed by atoms with E-state index < -0.39 is 0 Å². The first-order valence-corrected chi connectivity index (χ1v) is 6.14. The highest BCUT2D eigenvalue weighted by Crippen LogP contribution is 2.17. The van der Waals surface area contributed by atoms with Gasteiger partial charge in [0, 0.05) is 0 Å². The van der Waals surface area contributed by atoms with Gasteiger partial charge in [0.1, 0.15) is 5.82 Å². The molecule has 5 nitrogen and oxygen atoms in total. The van der Waals surface area contributed by atoms with Gasteiger partial charge in [-0.15, -0.1) is 0 Å². The van der Waals surface area contributed by atoms with E-state index in [1.165, 1.54) is 0 Å². The number of nitrogens with two attached hydrogens (primary N) is 1. The van der Waals surface area contributed by atoms with Crippen LogP contribution in [0.25, 0.3) is 0 Å². The lowest BCUT2D eigenvalue weighted by Gasteiger charge is -2.19. The molecule has 1 aromatic heterocycles. The van der Waals surface area contributed by atoms with Crippen LogP contribution in [0.3, 0.4) is 0 Å². The average molecular weight is 274 g/mol. The Morgan fingerprint density at radius 2 is 2.06 bits per heavy atom. The minimum absolute atomic E-state index is 0.150. The van der Waals surface area contributed by atoms with Crippen molar-refractivity contribution < 1.29 is 9.47 Å². The molecular formula is C12H20ClN3O2. The van der Waals surface area contributed by atoms with Crippen LogP contribution in [-0.4, -0.2) is 23.8 Å². The second-order valence-corrected chi connectivity index (χ2v) is 5.19. The average Bonchev–Trinajstić information content (AvgIpc) is 2.29. The molecule has 0 saturated carbocycles. The third-order valence-electron chi connectivity index (χ3n) is 2.07. The first-order chi connectivity index (χ1) is 8.42. The van der Waals surface area contributed by atoms with Crippen molar-refractivity contribution in [3.63, 3.8) is 0 Å². The van der Waals surface area contributed by atoms with Gasteiger partial charge in [0.2, 0.25) is 0 Å². The van der Waals surface area contributed by atoms with E-state index in [1.54, 1.807) is 12.1 Å². The number of nitrogen functional groups attached to an aromatic ring is 1. The monoisotopic (exact) mass is 273 g/mol. The number of ether oxygens (including phenoxy) is 2. The lowest BCUT2D eigenvalue weighted by molar-refractivity contribution is -0.0380. The summed E-state index contributed by atoms with van der Waals surface area (Å²) in [6, 6.07) is 3.43. The lowest BCUT2D eigenvalue weighted by Crippen LogP contribution is -2.21. The van der Waals surface area contributed by atoms with Gasteiger partial charge in [0.05, 0.1) is 36.1 Å². The lowest BCUT2D eigenvalue weighted by atomic mass is 10.2. The topological polar surface area (TPSA) is 69.4 Å². The zero-order valence-electron chi connectivity index (χ0n) is 11.0. The Morgan fingerprint density at radius 3 is 2.67 bits per heavy atom. The quantitative estimate of drug-likeness (QED) is 0.473. The van der Waals surface area contributed by atoms with Crippen LogP contribution in [-0.2, 0) is 16.1 Å². The second-order valence-electron chi connectivity index (χ2n) is 4.78. The number of rotatable bonds is 6. The van der Waals surface area contributed by atoms with E-state index in [0.717, 1.165) is 0 Å². The molecule has 0 saturated heterocycles. The first-order valence-electron chi connectivity index (χ1n) is 5.76. The predicted octanol–water partition coefficient (Wildman–Crippen LogP) is 2.35. The number of hydrazine groups is 1. The van der Waals surface area contributed by atoms with Crippen LogP contribution in [0.5, 0.6) is 0 Å². The van der Waals surface area contributed by atoms with E-state index in [1.807, 2.05) is 20.8 Å². The minimum Gasteiger partial charge on any atom is -0.373 e. The molecule has 0 spiro atoms. The SMILES string of the molecule is CC(C)(C)OCCOCc1nc(NN)ccc1Cl. The van der Waals surface area contributed by atoms with Crippen molar-refractivity contribution in [3.05, 3.63) is 22.8 Å². The van der Waals surface area contributed by atoms with Gasteiger partial charge in [0.25, 0.3) is 0 Å². The van der Waals surface area contributed by atoms with E-state index >= 15 is 0 Å². The van der Waals surface area contributed by atoms with E-state index in [-0.39, 0.29) is 5.60 Å². The number of nitrogens with zero attached hydrogens (tertiary/aromatic N) is 1. The van der Waals surface area contributed by atoms with Crippen molar-refractivity contribution >= 4 is 17.4 Å². The van der Waals surface area contributed by atoms with Gasteiger partial charge in [-0.2, -0.15) is 0 Å².